The number of aromatic nitrogens is 2. The SMILES string of the molecule is Cc1c(C(=O)OCC(=O)c2ccc(CNC(=O)C(C)(C)C)s2)sc2nc3n(c(=O)c12)CCC3. The topological polar surface area (TPSA) is 107 Å². The van der Waals surface area contributed by atoms with Crippen molar-refractivity contribution in [2.24, 2.45) is 5.41 Å². The van der Waals surface area contributed by atoms with E-state index in [1.54, 1.807) is 23.6 Å². The minimum absolute atomic E-state index is 0.0734. The largest absolute Gasteiger partial charge is 0.453 e. The van der Waals surface area contributed by atoms with E-state index >= 15 is 0 Å². The molecule has 0 radical (unpaired) electrons. The lowest BCUT2D eigenvalue weighted by molar-refractivity contribution is -0.128. The molecular weight excluding hydrogens is 462 g/mol. The first kappa shape index (κ1) is 23.3. The van der Waals surface area contributed by atoms with E-state index in [4.69, 9.17) is 4.74 Å². The third-order valence-corrected chi connectivity index (χ3v) is 7.76. The highest BCUT2D eigenvalue weighted by atomic mass is 32.1. The first-order valence-electron chi connectivity index (χ1n) is 10.7. The third-order valence-electron chi connectivity index (χ3n) is 5.47. The number of carbonyl (C=O) groups is 3. The zero-order chi connectivity index (χ0) is 23.9. The van der Waals surface area contributed by atoms with Gasteiger partial charge in [-0.3, -0.25) is 19.0 Å². The zero-order valence-corrected chi connectivity index (χ0v) is 20.6. The maximum Gasteiger partial charge on any atom is 0.349 e. The highest BCUT2D eigenvalue weighted by Gasteiger charge is 2.25. The van der Waals surface area contributed by atoms with Gasteiger partial charge in [0.2, 0.25) is 11.7 Å². The summed E-state index contributed by atoms with van der Waals surface area (Å²) in [7, 11) is 0. The molecule has 0 saturated heterocycles. The van der Waals surface area contributed by atoms with Crippen molar-refractivity contribution in [3.05, 3.63) is 48.5 Å². The first-order chi connectivity index (χ1) is 15.6. The fourth-order valence-corrected chi connectivity index (χ4v) is 5.55. The van der Waals surface area contributed by atoms with Crippen LogP contribution >= 0.6 is 22.7 Å². The van der Waals surface area contributed by atoms with Crippen molar-refractivity contribution in [3.8, 4) is 0 Å². The van der Waals surface area contributed by atoms with E-state index in [1.165, 1.54) is 11.3 Å². The second-order valence-corrected chi connectivity index (χ2v) is 11.2. The normalized spacial score (nSPS) is 13.2. The predicted octanol–water partition coefficient (Wildman–Crippen LogP) is 3.48. The number of ketones is 1. The fraction of sp³-hybridized carbons (Fsp3) is 0.435. The van der Waals surface area contributed by atoms with Crippen LogP contribution in [0, 0.1) is 12.3 Å². The van der Waals surface area contributed by atoms with Crippen LogP contribution < -0.4 is 10.9 Å². The van der Waals surface area contributed by atoms with E-state index in [0.29, 0.717) is 38.6 Å². The lowest BCUT2D eigenvalue weighted by Gasteiger charge is -2.17. The van der Waals surface area contributed by atoms with Crippen molar-refractivity contribution >= 4 is 50.5 Å². The van der Waals surface area contributed by atoms with E-state index < -0.39 is 18.0 Å². The van der Waals surface area contributed by atoms with Gasteiger partial charge in [-0.25, -0.2) is 9.78 Å². The Morgan fingerprint density at radius 3 is 2.70 bits per heavy atom. The number of rotatable bonds is 6. The summed E-state index contributed by atoms with van der Waals surface area (Å²) >= 11 is 2.38. The lowest BCUT2D eigenvalue weighted by atomic mass is 9.96. The number of nitrogens with one attached hydrogen (secondary N) is 1. The van der Waals surface area contributed by atoms with Crippen molar-refractivity contribution in [1.82, 2.24) is 14.9 Å². The van der Waals surface area contributed by atoms with Crippen molar-refractivity contribution in [2.75, 3.05) is 6.61 Å². The molecule has 0 unspecified atom stereocenters. The molecule has 4 rings (SSSR count). The number of fused-ring (bicyclic) bond motifs is 2. The second kappa shape index (κ2) is 8.83. The number of ether oxygens (including phenoxy) is 1. The Balaban J connectivity index is 1.41. The van der Waals surface area contributed by atoms with Crippen LogP contribution in [0.2, 0.25) is 0 Å². The molecule has 1 N–H and O–H groups in total. The first-order valence-corrected chi connectivity index (χ1v) is 12.3. The van der Waals surface area contributed by atoms with Gasteiger partial charge in [-0.05, 0) is 31.0 Å². The zero-order valence-electron chi connectivity index (χ0n) is 18.9. The number of hydrogen-bond donors (Lipinski definition) is 1. The van der Waals surface area contributed by atoms with Crippen LogP contribution in [0.5, 0.6) is 0 Å². The quantitative estimate of drug-likeness (QED) is 0.421. The molecule has 4 heterocycles. The molecule has 0 fully saturated rings. The molecule has 0 bridgehead atoms. The Bertz CT molecular complexity index is 1330. The maximum atomic E-state index is 12.8. The van der Waals surface area contributed by atoms with Gasteiger partial charge < -0.3 is 10.1 Å². The van der Waals surface area contributed by atoms with Gasteiger partial charge in [-0.15, -0.1) is 22.7 Å². The van der Waals surface area contributed by atoms with Gasteiger partial charge in [0.15, 0.2) is 6.61 Å². The maximum absolute atomic E-state index is 12.8. The Kier molecular flexibility index (Phi) is 6.24. The molecule has 0 spiro atoms. The van der Waals surface area contributed by atoms with Gasteiger partial charge in [0.1, 0.15) is 15.5 Å². The minimum Gasteiger partial charge on any atom is -0.453 e. The number of carbonyl (C=O) groups excluding carboxylic acids is 3. The van der Waals surface area contributed by atoms with Crippen molar-refractivity contribution in [3.63, 3.8) is 0 Å². The summed E-state index contributed by atoms with van der Waals surface area (Å²) in [6.07, 6.45) is 1.64. The molecule has 0 aromatic carbocycles. The smallest absolute Gasteiger partial charge is 0.349 e. The van der Waals surface area contributed by atoms with E-state index in [-0.39, 0.29) is 17.2 Å². The summed E-state index contributed by atoms with van der Waals surface area (Å²) in [5.41, 5.74) is -0.0723. The Hall–Kier alpha value is -2.85. The number of aryl methyl sites for hydroxylation is 2. The third kappa shape index (κ3) is 4.63. The van der Waals surface area contributed by atoms with Crippen LogP contribution in [-0.2, 0) is 29.0 Å². The number of hydrogen-bond acceptors (Lipinski definition) is 8. The van der Waals surface area contributed by atoms with Crippen LogP contribution in [0.25, 0.3) is 10.2 Å². The monoisotopic (exact) mass is 487 g/mol. The molecule has 0 saturated carbocycles. The average Bonchev–Trinajstić information content (AvgIpc) is 3.48. The number of nitrogens with zero attached hydrogens (tertiary/aromatic N) is 2. The molecule has 3 aromatic heterocycles. The molecule has 1 aliphatic rings. The summed E-state index contributed by atoms with van der Waals surface area (Å²) in [6, 6.07) is 3.44. The molecule has 1 amide bonds. The van der Waals surface area contributed by atoms with Gasteiger partial charge >= 0.3 is 5.97 Å². The Morgan fingerprint density at radius 1 is 1.21 bits per heavy atom. The van der Waals surface area contributed by atoms with Gasteiger partial charge in [0.05, 0.1) is 16.8 Å². The second-order valence-electron chi connectivity index (χ2n) is 9.02. The highest BCUT2D eigenvalue weighted by Crippen LogP contribution is 2.29. The van der Waals surface area contributed by atoms with Crippen LogP contribution in [0.3, 0.4) is 0 Å². The summed E-state index contributed by atoms with van der Waals surface area (Å²) in [5, 5.41) is 3.29. The van der Waals surface area contributed by atoms with Gasteiger partial charge in [-0.2, -0.15) is 0 Å². The lowest BCUT2D eigenvalue weighted by Crippen LogP contribution is -2.34. The number of amides is 1. The molecule has 10 heteroatoms. The molecule has 0 atom stereocenters. The van der Waals surface area contributed by atoms with Crippen LogP contribution in [0.1, 0.15) is 62.8 Å². The molecule has 3 aromatic rings. The molecule has 8 nitrogen and oxygen atoms in total. The van der Waals surface area contributed by atoms with Gasteiger partial charge in [0, 0.05) is 23.3 Å². The van der Waals surface area contributed by atoms with Gasteiger partial charge in [0.25, 0.3) is 5.56 Å². The predicted molar refractivity (Wildman–Crippen MR) is 127 cm³/mol. The number of thiophene rings is 2. The van der Waals surface area contributed by atoms with E-state index in [0.717, 1.165) is 34.9 Å². The molecule has 1 aliphatic heterocycles. The highest BCUT2D eigenvalue weighted by molar-refractivity contribution is 7.20. The van der Waals surface area contributed by atoms with E-state index in [2.05, 4.69) is 10.3 Å². The average molecular weight is 488 g/mol. The standard InChI is InChI=1S/C23H25N3O5S2/c1-12-17-19(25-16-6-5-9-26(16)20(17)28)33-18(12)21(29)31-11-14(27)15-8-7-13(32-15)10-24-22(30)23(2,3)4/h7-8H,5-6,9-11H2,1-4H3,(H,24,30). The van der Waals surface area contributed by atoms with Crippen LogP contribution in [0.4, 0.5) is 0 Å². The van der Waals surface area contributed by atoms with Crippen LogP contribution in [0.15, 0.2) is 16.9 Å². The van der Waals surface area contributed by atoms with E-state index in [1.807, 2.05) is 20.8 Å². The summed E-state index contributed by atoms with van der Waals surface area (Å²) < 4.78 is 6.94. The summed E-state index contributed by atoms with van der Waals surface area (Å²) in [6.45, 7) is 7.78. The van der Waals surface area contributed by atoms with Crippen molar-refractivity contribution < 1.29 is 19.1 Å². The minimum atomic E-state index is -0.636. The molecule has 0 aliphatic carbocycles. The Labute approximate surface area is 198 Å². The fourth-order valence-electron chi connectivity index (χ4n) is 3.59. The molecule has 33 heavy (non-hydrogen) atoms. The molecular formula is C23H25N3O5S2. The van der Waals surface area contributed by atoms with Crippen LogP contribution in [-0.4, -0.2) is 33.8 Å². The number of esters is 1. The molecule has 174 valence electrons. The number of Topliss-reactive ketones (excluding diaryl/α,β-unsaturated/α-hetero) is 1. The van der Waals surface area contributed by atoms with Crippen molar-refractivity contribution in [1.29, 1.82) is 0 Å². The van der Waals surface area contributed by atoms with Crippen molar-refractivity contribution in [2.45, 2.75) is 53.6 Å². The van der Waals surface area contributed by atoms with Gasteiger partial charge in [-0.1, -0.05) is 20.8 Å². The Morgan fingerprint density at radius 2 is 1.97 bits per heavy atom. The summed E-state index contributed by atoms with van der Waals surface area (Å²) in [5.74, 6) is -0.285. The summed E-state index contributed by atoms with van der Waals surface area (Å²) in [4.78, 5) is 56.6. The van der Waals surface area contributed by atoms with E-state index in [9.17, 15) is 19.2 Å².